The van der Waals surface area contributed by atoms with Crippen molar-refractivity contribution < 1.29 is 9.59 Å². The predicted molar refractivity (Wildman–Crippen MR) is 70.3 cm³/mol. The first-order valence-electron chi connectivity index (χ1n) is 5.71. The fourth-order valence-corrected chi connectivity index (χ4v) is 2.30. The quantitative estimate of drug-likeness (QED) is 0.507. The molecule has 88 valence electrons. The number of fused-ring (bicyclic) bond motifs is 3. The Bertz CT molecular complexity index is 784. The number of Topliss-reactive ketones (excluding diaryl/α,β-unsaturated/α-hetero) is 1. The van der Waals surface area contributed by atoms with E-state index in [0.717, 1.165) is 22.7 Å². The Kier molecular flexibility index (Phi) is 2.27. The highest BCUT2D eigenvalue weighted by Gasteiger charge is 2.11. The molecule has 0 aliphatic carbocycles. The maximum Gasteiger partial charge on any atom is 0.161 e. The van der Waals surface area contributed by atoms with Gasteiger partial charge in [0.2, 0.25) is 0 Å². The molecular weight excluding hydrogens is 226 g/mol. The Morgan fingerprint density at radius 3 is 2.61 bits per heavy atom. The van der Waals surface area contributed by atoms with Crippen LogP contribution < -0.4 is 0 Å². The van der Waals surface area contributed by atoms with Crippen LogP contribution in [0.3, 0.4) is 0 Å². The SMILES string of the molecule is CC(=O)c1ccc2c(C=O)c3ccccc3n2c1. The second-order valence-corrected chi connectivity index (χ2v) is 4.28. The van der Waals surface area contributed by atoms with E-state index in [-0.39, 0.29) is 5.78 Å². The monoisotopic (exact) mass is 237 g/mol. The van der Waals surface area contributed by atoms with E-state index in [9.17, 15) is 9.59 Å². The lowest BCUT2D eigenvalue weighted by atomic mass is 10.1. The maximum absolute atomic E-state index is 11.4. The number of carbonyl (C=O) groups excluding carboxylic acids is 2. The van der Waals surface area contributed by atoms with Crippen LogP contribution in [-0.4, -0.2) is 16.5 Å². The molecule has 3 aromatic rings. The van der Waals surface area contributed by atoms with Gasteiger partial charge in [0.25, 0.3) is 0 Å². The van der Waals surface area contributed by atoms with E-state index in [0.29, 0.717) is 11.1 Å². The topological polar surface area (TPSA) is 38.5 Å². The van der Waals surface area contributed by atoms with Gasteiger partial charge in [0, 0.05) is 22.7 Å². The first kappa shape index (κ1) is 10.7. The number of aldehydes is 1. The van der Waals surface area contributed by atoms with E-state index in [1.54, 1.807) is 12.3 Å². The third kappa shape index (κ3) is 1.37. The second-order valence-electron chi connectivity index (χ2n) is 4.28. The molecule has 3 rings (SSSR count). The van der Waals surface area contributed by atoms with Crippen molar-refractivity contribution in [3.8, 4) is 0 Å². The van der Waals surface area contributed by atoms with Crippen LogP contribution in [0.5, 0.6) is 0 Å². The molecule has 0 radical (unpaired) electrons. The van der Waals surface area contributed by atoms with Crippen molar-refractivity contribution in [2.75, 3.05) is 0 Å². The van der Waals surface area contributed by atoms with Crippen molar-refractivity contribution in [2.45, 2.75) is 6.92 Å². The molecule has 0 fully saturated rings. The van der Waals surface area contributed by atoms with Gasteiger partial charge in [-0.25, -0.2) is 0 Å². The average Bonchev–Trinajstić information content (AvgIpc) is 2.71. The van der Waals surface area contributed by atoms with Gasteiger partial charge in [0.05, 0.1) is 11.0 Å². The molecule has 1 aromatic carbocycles. The van der Waals surface area contributed by atoms with Crippen molar-refractivity contribution >= 4 is 28.5 Å². The molecule has 2 heterocycles. The lowest BCUT2D eigenvalue weighted by Gasteiger charge is -2.00. The zero-order chi connectivity index (χ0) is 12.7. The summed E-state index contributed by atoms with van der Waals surface area (Å²) in [5, 5.41) is 0.910. The first-order valence-corrected chi connectivity index (χ1v) is 5.71. The summed E-state index contributed by atoms with van der Waals surface area (Å²) in [6.07, 6.45) is 2.65. The Hall–Kier alpha value is -2.42. The summed E-state index contributed by atoms with van der Waals surface area (Å²) in [6.45, 7) is 1.54. The summed E-state index contributed by atoms with van der Waals surface area (Å²) in [7, 11) is 0. The van der Waals surface area contributed by atoms with Crippen molar-refractivity contribution in [3.63, 3.8) is 0 Å². The van der Waals surface area contributed by atoms with Crippen LogP contribution in [0.25, 0.3) is 16.4 Å². The van der Waals surface area contributed by atoms with E-state index >= 15 is 0 Å². The van der Waals surface area contributed by atoms with Gasteiger partial charge in [-0.05, 0) is 25.1 Å². The highest BCUT2D eigenvalue weighted by Crippen LogP contribution is 2.25. The smallest absolute Gasteiger partial charge is 0.161 e. The van der Waals surface area contributed by atoms with Crippen molar-refractivity contribution in [3.05, 3.63) is 53.7 Å². The number of nitrogens with zero attached hydrogens (tertiary/aromatic N) is 1. The zero-order valence-corrected chi connectivity index (χ0v) is 9.88. The Balaban J connectivity index is 2.52. The Morgan fingerprint density at radius 2 is 1.89 bits per heavy atom. The van der Waals surface area contributed by atoms with E-state index in [1.165, 1.54) is 6.92 Å². The van der Waals surface area contributed by atoms with Crippen LogP contribution in [0.4, 0.5) is 0 Å². The third-order valence-corrected chi connectivity index (χ3v) is 3.20. The molecule has 0 spiro atoms. The standard InChI is InChI=1S/C15H11NO2/c1-10(18)11-6-7-15-13(9-17)12-4-2-3-5-14(12)16(15)8-11/h2-9H,1H3. The third-order valence-electron chi connectivity index (χ3n) is 3.20. The van der Waals surface area contributed by atoms with Crippen LogP contribution in [-0.2, 0) is 0 Å². The minimum atomic E-state index is 0.0161. The molecule has 0 unspecified atom stereocenters. The van der Waals surface area contributed by atoms with Gasteiger partial charge in [-0.2, -0.15) is 0 Å². The van der Waals surface area contributed by atoms with Gasteiger partial charge in [-0.3, -0.25) is 9.59 Å². The van der Waals surface area contributed by atoms with Gasteiger partial charge < -0.3 is 4.40 Å². The van der Waals surface area contributed by atoms with Gasteiger partial charge in [0.1, 0.15) is 0 Å². The summed E-state index contributed by atoms with van der Waals surface area (Å²) >= 11 is 0. The van der Waals surface area contributed by atoms with Crippen molar-refractivity contribution in [2.24, 2.45) is 0 Å². The van der Waals surface area contributed by atoms with Crippen LogP contribution in [0.2, 0.25) is 0 Å². The minimum Gasteiger partial charge on any atom is -0.315 e. The van der Waals surface area contributed by atoms with Crippen molar-refractivity contribution in [1.82, 2.24) is 4.40 Å². The molecule has 2 aromatic heterocycles. The number of rotatable bonds is 2. The molecule has 0 N–H and O–H groups in total. The fourth-order valence-electron chi connectivity index (χ4n) is 2.30. The minimum absolute atomic E-state index is 0.0161. The van der Waals surface area contributed by atoms with E-state index in [2.05, 4.69) is 0 Å². The molecule has 18 heavy (non-hydrogen) atoms. The predicted octanol–water partition coefficient (Wildman–Crippen LogP) is 3.11. The summed E-state index contributed by atoms with van der Waals surface area (Å²) in [5.41, 5.74) is 3.08. The van der Waals surface area contributed by atoms with Crippen LogP contribution in [0.15, 0.2) is 42.6 Å². The van der Waals surface area contributed by atoms with Crippen LogP contribution >= 0.6 is 0 Å². The lowest BCUT2D eigenvalue weighted by molar-refractivity contribution is 0.101. The molecule has 0 amide bonds. The molecule has 0 atom stereocenters. The first-order chi connectivity index (χ1) is 8.72. The Labute approximate surface area is 104 Å². The van der Waals surface area contributed by atoms with Crippen LogP contribution in [0, 0.1) is 0 Å². The number of aromatic nitrogens is 1. The lowest BCUT2D eigenvalue weighted by Crippen LogP contribution is -1.95. The summed E-state index contributed by atoms with van der Waals surface area (Å²) in [5.74, 6) is 0.0161. The molecule has 0 aliphatic heterocycles. The summed E-state index contributed by atoms with van der Waals surface area (Å²) < 4.78 is 1.90. The van der Waals surface area contributed by atoms with E-state index < -0.39 is 0 Å². The molecule has 0 aliphatic rings. The average molecular weight is 237 g/mol. The van der Waals surface area contributed by atoms with Crippen LogP contribution in [0.1, 0.15) is 27.6 Å². The van der Waals surface area contributed by atoms with Gasteiger partial charge in [-0.1, -0.05) is 18.2 Å². The number of carbonyl (C=O) groups is 2. The number of pyridine rings is 1. The van der Waals surface area contributed by atoms with Gasteiger partial charge in [0.15, 0.2) is 12.1 Å². The highest BCUT2D eigenvalue weighted by atomic mass is 16.1. The number of hydrogen-bond donors (Lipinski definition) is 0. The van der Waals surface area contributed by atoms with Gasteiger partial charge >= 0.3 is 0 Å². The second kappa shape index (κ2) is 3.81. The largest absolute Gasteiger partial charge is 0.315 e. The number of benzene rings is 1. The van der Waals surface area contributed by atoms with Crippen molar-refractivity contribution in [1.29, 1.82) is 0 Å². The molecule has 0 saturated carbocycles. The fraction of sp³-hybridized carbons (Fsp3) is 0.0667. The van der Waals surface area contributed by atoms with E-state index in [1.807, 2.05) is 34.7 Å². The molecule has 0 saturated heterocycles. The number of ketones is 1. The number of hydrogen-bond acceptors (Lipinski definition) is 2. The van der Waals surface area contributed by atoms with E-state index in [4.69, 9.17) is 0 Å². The molecule has 3 heteroatoms. The summed E-state index contributed by atoms with van der Waals surface area (Å²) in [6, 6.07) is 11.3. The molecular formula is C15H11NO2. The molecule has 3 nitrogen and oxygen atoms in total. The normalized spacial score (nSPS) is 10.9. The summed E-state index contributed by atoms with van der Waals surface area (Å²) in [4.78, 5) is 22.7. The molecule has 0 bridgehead atoms. The number of para-hydroxylation sites is 1. The van der Waals surface area contributed by atoms with Gasteiger partial charge in [-0.15, -0.1) is 0 Å². The highest BCUT2D eigenvalue weighted by molar-refractivity contribution is 6.06. The Morgan fingerprint density at radius 1 is 1.11 bits per heavy atom. The maximum atomic E-state index is 11.4. The zero-order valence-electron chi connectivity index (χ0n) is 9.88.